The monoisotopic (exact) mass is 224 g/mol. The minimum atomic E-state index is 0.452. The zero-order valence-corrected chi connectivity index (χ0v) is 10.2. The second-order valence-corrected chi connectivity index (χ2v) is 4.47. The minimum absolute atomic E-state index is 0.452. The van der Waals surface area contributed by atoms with Crippen molar-refractivity contribution in [2.45, 2.75) is 26.4 Å². The molecular formula is C11H20N4O. The SMILES string of the molecule is Cc1nn(C)c(N)c1CN1CCOCC1C. The van der Waals surface area contributed by atoms with Crippen molar-refractivity contribution in [3.8, 4) is 0 Å². The molecule has 0 aliphatic carbocycles. The molecule has 1 aromatic heterocycles. The number of hydrogen-bond acceptors (Lipinski definition) is 4. The zero-order valence-electron chi connectivity index (χ0n) is 10.2. The third-order valence-electron chi connectivity index (χ3n) is 3.26. The molecule has 1 aromatic rings. The molecule has 2 heterocycles. The summed E-state index contributed by atoms with van der Waals surface area (Å²) in [5, 5.41) is 4.33. The molecule has 0 bridgehead atoms. The molecule has 0 saturated carbocycles. The van der Waals surface area contributed by atoms with Gasteiger partial charge < -0.3 is 10.5 Å². The topological polar surface area (TPSA) is 56.3 Å². The second-order valence-electron chi connectivity index (χ2n) is 4.47. The van der Waals surface area contributed by atoms with E-state index in [0.29, 0.717) is 6.04 Å². The molecule has 0 spiro atoms. The van der Waals surface area contributed by atoms with Crippen LogP contribution in [0.4, 0.5) is 5.82 Å². The average molecular weight is 224 g/mol. The fourth-order valence-electron chi connectivity index (χ4n) is 2.11. The Morgan fingerprint density at radius 1 is 1.56 bits per heavy atom. The molecule has 1 saturated heterocycles. The van der Waals surface area contributed by atoms with Crippen molar-refractivity contribution in [1.82, 2.24) is 14.7 Å². The first kappa shape index (κ1) is 11.4. The van der Waals surface area contributed by atoms with E-state index in [1.807, 2.05) is 14.0 Å². The summed E-state index contributed by atoms with van der Waals surface area (Å²) < 4.78 is 7.17. The summed E-state index contributed by atoms with van der Waals surface area (Å²) >= 11 is 0. The predicted molar refractivity (Wildman–Crippen MR) is 63.0 cm³/mol. The minimum Gasteiger partial charge on any atom is -0.384 e. The van der Waals surface area contributed by atoms with Gasteiger partial charge in [-0.15, -0.1) is 0 Å². The normalized spacial score (nSPS) is 22.6. The van der Waals surface area contributed by atoms with Gasteiger partial charge in [-0.25, -0.2) is 0 Å². The largest absolute Gasteiger partial charge is 0.384 e. The number of nitrogen functional groups attached to an aromatic ring is 1. The van der Waals surface area contributed by atoms with Gasteiger partial charge >= 0.3 is 0 Å². The summed E-state index contributed by atoms with van der Waals surface area (Å²) in [5.74, 6) is 0.774. The van der Waals surface area contributed by atoms with Crippen LogP contribution in [0.1, 0.15) is 18.2 Å². The van der Waals surface area contributed by atoms with Gasteiger partial charge in [-0.3, -0.25) is 9.58 Å². The van der Waals surface area contributed by atoms with Crippen LogP contribution in [0.15, 0.2) is 0 Å². The molecule has 1 fully saturated rings. The first-order chi connectivity index (χ1) is 7.59. The molecule has 1 atom stereocenters. The Bertz CT molecular complexity index is 374. The molecule has 2 rings (SSSR count). The van der Waals surface area contributed by atoms with Crippen LogP contribution in [-0.2, 0) is 18.3 Å². The highest BCUT2D eigenvalue weighted by molar-refractivity contribution is 5.42. The summed E-state index contributed by atoms with van der Waals surface area (Å²) in [7, 11) is 1.88. The van der Waals surface area contributed by atoms with E-state index in [1.165, 1.54) is 0 Å². The zero-order chi connectivity index (χ0) is 11.7. The summed E-state index contributed by atoms with van der Waals surface area (Å²) in [6.45, 7) is 7.64. The van der Waals surface area contributed by atoms with E-state index in [-0.39, 0.29) is 0 Å². The molecule has 1 aliphatic heterocycles. The van der Waals surface area contributed by atoms with Crippen LogP contribution >= 0.6 is 0 Å². The van der Waals surface area contributed by atoms with Crippen LogP contribution in [0, 0.1) is 6.92 Å². The second kappa shape index (κ2) is 4.43. The van der Waals surface area contributed by atoms with E-state index < -0.39 is 0 Å². The lowest BCUT2D eigenvalue weighted by molar-refractivity contribution is -0.00436. The lowest BCUT2D eigenvalue weighted by Crippen LogP contribution is -2.43. The highest BCUT2D eigenvalue weighted by Gasteiger charge is 2.21. The van der Waals surface area contributed by atoms with E-state index in [2.05, 4.69) is 16.9 Å². The first-order valence-electron chi connectivity index (χ1n) is 5.69. The summed E-state index contributed by atoms with van der Waals surface area (Å²) in [6, 6.07) is 0.452. The van der Waals surface area contributed by atoms with Gasteiger partial charge in [-0.05, 0) is 13.8 Å². The number of nitrogens with zero attached hydrogens (tertiary/aromatic N) is 3. The van der Waals surface area contributed by atoms with E-state index in [4.69, 9.17) is 10.5 Å². The van der Waals surface area contributed by atoms with Gasteiger partial charge in [-0.1, -0.05) is 0 Å². The van der Waals surface area contributed by atoms with Gasteiger partial charge in [0, 0.05) is 31.7 Å². The van der Waals surface area contributed by atoms with E-state index in [9.17, 15) is 0 Å². The standard InChI is InChI=1S/C11H20N4O/c1-8-7-16-5-4-15(8)6-10-9(2)13-14(3)11(10)12/h8H,4-7,12H2,1-3H3. The highest BCUT2D eigenvalue weighted by atomic mass is 16.5. The molecule has 1 unspecified atom stereocenters. The van der Waals surface area contributed by atoms with Crippen molar-refractivity contribution in [2.75, 3.05) is 25.5 Å². The highest BCUT2D eigenvalue weighted by Crippen LogP contribution is 2.19. The number of aromatic nitrogens is 2. The molecule has 0 radical (unpaired) electrons. The third kappa shape index (κ3) is 2.05. The van der Waals surface area contributed by atoms with Crippen LogP contribution in [0.25, 0.3) is 0 Å². The summed E-state index contributed by atoms with van der Waals surface area (Å²) in [5.41, 5.74) is 8.18. The maximum Gasteiger partial charge on any atom is 0.126 e. The molecule has 0 amide bonds. The van der Waals surface area contributed by atoms with Crippen LogP contribution < -0.4 is 5.73 Å². The van der Waals surface area contributed by atoms with Gasteiger partial charge in [0.15, 0.2) is 0 Å². The van der Waals surface area contributed by atoms with Crippen molar-refractivity contribution in [2.24, 2.45) is 7.05 Å². The molecule has 0 aromatic carbocycles. The Hall–Kier alpha value is -1.07. The molecule has 1 aliphatic rings. The smallest absolute Gasteiger partial charge is 0.126 e. The molecule has 5 nitrogen and oxygen atoms in total. The number of ether oxygens (including phenoxy) is 1. The predicted octanol–water partition coefficient (Wildman–Crippen LogP) is 0.531. The number of rotatable bonds is 2. The van der Waals surface area contributed by atoms with Crippen LogP contribution in [0.3, 0.4) is 0 Å². The Kier molecular flexibility index (Phi) is 3.16. The first-order valence-corrected chi connectivity index (χ1v) is 5.69. The lowest BCUT2D eigenvalue weighted by Gasteiger charge is -2.33. The van der Waals surface area contributed by atoms with E-state index in [1.54, 1.807) is 4.68 Å². The Morgan fingerprint density at radius 3 is 2.88 bits per heavy atom. The molecule has 90 valence electrons. The number of anilines is 1. The fourth-order valence-corrected chi connectivity index (χ4v) is 2.11. The van der Waals surface area contributed by atoms with Crippen LogP contribution in [0.2, 0.25) is 0 Å². The summed E-state index contributed by atoms with van der Waals surface area (Å²) in [6.07, 6.45) is 0. The maximum atomic E-state index is 6.01. The van der Waals surface area contributed by atoms with Crippen LogP contribution in [0.5, 0.6) is 0 Å². The van der Waals surface area contributed by atoms with Gasteiger partial charge in [0.2, 0.25) is 0 Å². The van der Waals surface area contributed by atoms with Crippen molar-refractivity contribution in [3.05, 3.63) is 11.3 Å². The quantitative estimate of drug-likeness (QED) is 0.796. The van der Waals surface area contributed by atoms with Gasteiger partial charge in [0.1, 0.15) is 5.82 Å². The molecule has 2 N–H and O–H groups in total. The van der Waals surface area contributed by atoms with Gasteiger partial charge in [0.05, 0.1) is 18.9 Å². The van der Waals surface area contributed by atoms with E-state index in [0.717, 1.165) is 43.4 Å². The van der Waals surface area contributed by atoms with Gasteiger partial charge in [0.25, 0.3) is 0 Å². The fraction of sp³-hybridized carbons (Fsp3) is 0.727. The Balaban J connectivity index is 2.13. The Morgan fingerprint density at radius 2 is 2.31 bits per heavy atom. The number of hydrogen-bond donors (Lipinski definition) is 1. The van der Waals surface area contributed by atoms with Crippen molar-refractivity contribution >= 4 is 5.82 Å². The molecular weight excluding hydrogens is 204 g/mol. The van der Waals surface area contributed by atoms with Crippen molar-refractivity contribution in [1.29, 1.82) is 0 Å². The van der Waals surface area contributed by atoms with Crippen molar-refractivity contribution < 1.29 is 4.74 Å². The van der Waals surface area contributed by atoms with Gasteiger partial charge in [-0.2, -0.15) is 5.10 Å². The number of aryl methyl sites for hydroxylation is 2. The van der Waals surface area contributed by atoms with Crippen LogP contribution in [-0.4, -0.2) is 40.5 Å². The van der Waals surface area contributed by atoms with Crippen molar-refractivity contribution in [3.63, 3.8) is 0 Å². The molecule has 5 heteroatoms. The number of nitrogens with two attached hydrogens (primary N) is 1. The third-order valence-corrected chi connectivity index (χ3v) is 3.26. The average Bonchev–Trinajstić information content (AvgIpc) is 2.48. The Labute approximate surface area is 96.2 Å². The van der Waals surface area contributed by atoms with E-state index >= 15 is 0 Å². The number of morpholine rings is 1. The maximum absolute atomic E-state index is 6.01. The molecule has 16 heavy (non-hydrogen) atoms. The lowest BCUT2D eigenvalue weighted by atomic mass is 10.2. The summed E-state index contributed by atoms with van der Waals surface area (Å²) in [4.78, 5) is 2.39.